The summed E-state index contributed by atoms with van der Waals surface area (Å²) < 4.78 is 0. The van der Waals surface area contributed by atoms with Crippen LogP contribution in [0.4, 0.5) is 5.69 Å². The Hall–Kier alpha value is -1.02. The van der Waals surface area contributed by atoms with Crippen LogP contribution < -0.4 is 5.32 Å². The van der Waals surface area contributed by atoms with Crippen LogP contribution in [0.15, 0.2) is 18.2 Å². The van der Waals surface area contributed by atoms with Gasteiger partial charge in [-0.15, -0.1) is 0 Å². The number of amides is 1. The van der Waals surface area contributed by atoms with Crippen LogP contribution in [0.2, 0.25) is 5.02 Å². The molecule has 3 unspecified atom stereocenters. The first kappa shape index (κ1) is 12.0. The molecule has 1 amide bonds. The van der Waals surface area contributed by atoms with Crippen LogP contribution >= 0.6 is 11.6 Å². The summed E-state index contributed by atoms with van der Waals surface area (Å²) in [7, 11) is 0. The van der Waals surface area contributed by atoms with E-state index in [1.54, 1.807) is 0 Å². The zero-order valence-electron chi connectivity index (χ0n) is 10.6. The van der Waals surface area contributed by atoms with Gasteiger partial charge < -0.3 is 5.32 Å². The van der Waals surface area contributed by atoms with Gasteiger partial charge in [-0.2, -0.15) is 0 Å². The van der Waals surface area contributed by atoms with E-state index >= 15 is 0 Å². The number of halogens is 1. The fourth-order valence-corrected chi connectivity index (χ4v) is 3.80. The van der Waals surface area contributed by atoms with E-state index < -0.39 is 0 Å². The number of hydrogen-bond donors (Lipinski definition) is 1. The molecule has 1 N–H and O–H groups in total. The van der Waals surface area contributed by atoms with Crippen LogP contribution in [0.3, 0.4) is 0 Å². The van der Waals surface area contributed by atoms with Crippen molar-refractivity contribution < 1.29 is 4.79 Å². The number of hydrogen-bond acceptors (Lipinski definition) is 1. The molecule has 2 fully saturated rings. The minimum atomic E-state index is 0.160. The molecule has 1 aromatic carbocycles. The zero-order valence-corrected chi connectivity index (χ0v) is 11.3. The zero-order chi connectivity index (χ0) is 12.7. The molecule has 3 atom stereocenters. The first-order chi connectivity index (χ1) is 8.63. The molecule has 2 bridgehead atoms. The Morgan fingerprint density at radius 2 is 2.17 bits per heavy atom. The summed E-state index contributed by atoms with van der Waals surface area (Å²) in [6.07, 6.45) is 4.86. The fraction of sp³-hybridized carbons (Fsp3) is 0.533. The number of benzene rings is 1. The lowest BCUT2D eigenvalue weighted by molar-refractivity contribution is -0.121. The van der Waals surface area contributed by atoms with Gasteiger partial charge in [0.1, 0.15) is 0 Å². The summed E-state index contributed by atoms with van der Waals surface area (Å²) in [5.41, 5.74) is 1.85. The Bertz CT molecular complexity index is 485. The Kier molecular flexibility index (Phi) is 3.06. The molecule has 2 aliphatic rings. The third-order valence-corrected chi connectivity index (χ3v) is 4.77. The van der Waals surface area contributed by atoms with E-state index in [1.807, 2.05) is 25.1 Å². The topological polar surface area (TPSA) is 29.1 Å². The van der Waals surface area contributed by atoms with Crippen LogP contribution in [0.25, 0.3) is 0 Å². The minimum Gasteiger partial charge on any atom is -0.325 e. The lowest BCUT2D eigenvalue weighted by Gasteiger charge is -2.21. The monoisotopic (exact) mass is 263 g/mol. The molecular weight excluding hydrogens is 246 g/mol. The maximum Gasteiger partial charge on any atom is 0.227 e. The molecule has 0 aromatic heterocycles. The second-order valence-corrected chi connectivity index (χ2v) is 6.16. The molecular formula is C15H18ClNO. The predicted octanol–water partition coefficient (Wildman–Crippen LogP) is 4.02. The number of aryl methyl sites for hydroxylation is 1. The van der Waals surface area contributed by atoms with Gasteiger partial charge in [0, 0.05) is 5.92 Å². The second kappa shape index (κ2) is 4.58. The highest BCUT2D eigenvalue weighted by atomic mass is 35.5. The Morgan fingerprint density at radius 3 is 2.78 bits per heavy atom. The van der Waals surface area contributed by atoms with Crippen molar-refractivity contribution in [2.45, 2.75) is 32.6 Å². The summed E-state index contributed by atoms with van der Waals surface area (Å²) in [6.45, 7) is 1.99. The van der Waals surface area contributed by atoms with Crippen LogP contribution in [-0.4, -0.2) is 5.91 Å². The van der Waals surface area contributed by atoms with Crippen molar-refractivity contribution in [2.75, 3.05) is 5.32 Å². The molecule has 18 heavy (non-hydrogen) atoms. The molecule has 0 heterocycles. The van der Waals surface area contributed by atoms with E-state index in [0.29, 0.717) is 10.9 Å². The molecule has 0 aliphatic heterocycles. The van der Waals surface area contributed by atoms with Crippen molar-refractivity contribution in [1.82, 2.24) is 0 Å². The number of rotatable bonds is 2. The van der Waals surface area contributed by atoms with Gasteiger partial charge in [0.25, 0.3) is 0 Å². The third kappa shape index (κ3) is 2.14. The van der Waals surface area contributed by atoms with Crippen molar-refractivity contribution in [3.8, 4) is 0 Å². The van der Waals surface area contributed by atoms with E-state index in [1.165, 1.54) is 19.3 Å². The number of anilines is 1. The van der Waals surface area contributed by atoms with E-state index in [2.05, 4.69) is 5.32 Å². The second-order valence-electron chi connectivity index (χ2n) is 5.75. The molecule has 96 valence electrons. The number of carbonyl (C=O) groups excluding carboxylic acids is 1. The highest BCUT2D eigenvalue weighted by Gasteiger charge is 2.43. The summed E-state index contributed by atoms with van der Waals surface area (Å²) >= 11 is 6.14. The van der Waals surface area contributed by atoms with Gasteiger partial charge in [0.2, 0.25) is 5.91 Å². The summed E-state index contributed by atoms with van der Waals surface area (Å²) in [6, 6.07) is 5.75. The smallest absolute Gasteiger partial charge is 0.227 e. The molecule has 2 aliphatic carbocycles. The number of nitrogens with one attached hydrogen (secondary N) is 1. The SMILES string of the molecule is Cc1ccc(NC(=O)C2CC3CCC2C3)c(Cl)c1. The Labute approximate surface area is 113 Å². The normalized spacial score (nSPS) is 29.6. The van der Waals surface area contributed by atoms with Crippen molar-refractivity contribution in [2.24, 2.45) is 17.8 Å². The third-order valence-electron chi connectivity index (χ3n) is 4.46. The molecule has 0 saturated heterocycles. The maximum absolute atomic E-state index is 12.3. The van der Waals surface area contributed by atoms with E-state index in [4.69, 9.17) is 11.6 Å². The summed E-state index contributed by atoms with van der Waals surface area (Å²) in [5.74, 6) is 1.77. The standard InChI is InChI=1S/C15H18ClNO/c1-9-2-5-14(13(16)6-9)17-15(18)12-8-10-3-4-11(12)7-10/h2,5-6,10-12H,3-4,7-8H2,1H3,(H,17,18). The molecule has 3 heteroatoms. The molecule has 2 saturated carbocycles. The molecule has 1 aromatic rings. The summed E-state index contributed by atoms with van der Waals surface area (Å²) in [4.78, 5) is 12.3. The van der Waals surface area contributed by atoms with Gasteiger partial charge in [-0.05, 0) is 55.7 Å². The van der Waals surface area contributed by atoms with Crippen LogP contribution in [0.1, 0.15) is 31.2 Å². The number of carbonyl (C=O) groups is 1. The average Bonchev–Trinajstić information content (AvgIpc) is 2.94. The van der Waals surface area contributed by atoms with Crippen LogP contribution in [-0.2, 0) is 4.79 Å². The van der Waals surface area contributed by atoms with Crippen molar-refractivity contribution in [3.05, 3.63) is 28.8 Å². The first-order valence-electron chi connectivity index (χ1n) is 6.70. The highest BCUT2D eigenvalue weighted by Crippen LogP contribution is 2.48. The van der Waals surface area contributed by atoms with Crippen molar-refractivity contribution in [3.63, 3.8) is 0 Å². The highest BCUT2D eigenvalue weighted by molar-refractivity contribution is 6.33. The van der Waals surface area contributed by atoms with Crippen molar-refractivity contribution >= 4 is 23.2 Å². The van der Waals surface area contributed by atoms with Crippen molar-refractivity contribution in [1.29, 1.82) is 0 Å². The molecule has 2 nitrogen and oxygen atoms in total. The van der Waals surface area contributed by atoms with Gasteiger partial charge >= 0.3 is 0 Å². The minimum absolute atomic E-state index is 0.160. The summed E-state index contributed by atoms with van der Waals surface area (Å²) in [5, 5.41) is 3.62. The van der Waals surface area contributed by atoms with Gasteiger partial charge in [0.05, 0.1) is 10.7 Å². The quantitative estimate of drug-likeness (QED) is 0.858. The average molecular weight is 264 g/mol. The van der Waals surface area contributed by atoms with Crippen LogP contribution in [0.5, 0.6) is 0 Å². The molecule has 0 radical (unpaired) electrons. The van der Waals surface area contributed by atoms with E-state index in [-0.39, 0.29) is 11.8 Å². The van der Waals surface area contributed by atoms with E-state index in [9.17, 15) is 4.79 Å². The molecule has 3 rings (SSSR count). The lowest BCUT2D eigenvalue weighted by atomic mass is 9.88. The number of fused-ring (bicyclic) bond motifs is 2. The van der Waals surface area contributed by atoms with E-state index in [0.717, 1.165) is 23.6 Å². The van der Waals surface area contributed by atoms with Gasteiger partial charge in [0.15, 0.2) is 0 Å². The maximum atomic E-state index is 12.3. The Morgan fingerprint density at radius 1 is 1.33 bits per heavy atom. The first-order valence-corrected chi connectivity index (χ1v) is 7.08. The van der Waals surface area contributed by atoms with Gasteiger partial charge in [-0.25, -0.2) is 0 Å². The van der Waals surface area contributed by atoms with Crippen LogP contribution in [0, 0.1) is 24.7 Å². The fourth-order valence-electron chi connectivity index (χ4n) is 3.51. The molecule has 0 spiro atoms. The Balaban J connectivity index is 1.71. The van der Waals surface area contributed by atoms with Gasteiger partial charge in [-0.1, -0.05) is 24.1 Å². The van der Waals surface area contributed by atoms with Gasteiger partial charge in [-0.3, -0.25) is 4.79 Å². The predicted molar refractivity (Wildman–Crippen MR) is 73.8 cm³/mol. The lowest BCUT2D eigenvalue weighted by Crippen LogP contribution is -2.27. The largest absolute Gasteiger partial charge is 0.325 e.